The molecule has 2 rings (SSSR count). The van der Waals surface area contributed by atoms with Crippen molar-refractivity contribution in [2.75, 3.05) is 6.61 Å². The molecule has 110 valence electrons. The summed E-state index contributed by atoms with van der Waals surface area (Å²) in [7, 11) is 0. The van der Waals surface area contributed by atoms with Crippen molar-refractivity contribution in [3.8, 4) is 0 Å². The third-order valence-electron chi connectivity index (χ3n) is 5.34. The molecule has 1 N–H and O–H groups in total. The monoisotopic (exact) mass is 266 g/mol. The first-order valence-electron chi connectivity index (χ1n) is 7.67. The summed E-state index contributed by atoms with van der Waals surface area (Å²) in [6.45, 7) is 12.8. The molecule has 2 aliphatic carbocycles. The van der Waals surface area contributed by atoms with E-state index in [9.17, 15) is 5.11 Å². The minimum atomic E-state index is -0.611. The fraction of sp³-hybridized carbons (Fsp3) is 0.882. The van der Waals surface area contributed by atoms with E-state index in [4.69, 9.17) is 4.74 Å². The second-order valence-electron chi connectivity index (χ2n) is 7.88. The second kappa shape index (κ2) is 4.89. The highest BCUT2D eigenvalue weighted by Gasteiger charge is 2.54. The van der Waals surface area contributed by atoms with E-state index in [-0.39, 0.29) is 11.0 Å². The molecule has 3 atom stereocenters. The van der Waals surface area contributed by atoms with Gasteiger partial charge in [0.15, 0.2) is 0 Å². The number of hydrogen-bond donors (Lipinski definition) is 1. The summed E-state index contributed by atoms with van der Waals surface area (Å²) in [5.41, 5.74) is 0.412. The zero-order valence-corrected chi connectivity index (χ0v) is 13.1. The van der Waals surface area contributed by atoms with Crippen molar-refractivity contribution in [1.29, 1.82) is 0 Å². The minimum absolute atomic E-state index is 0.0397. The molecule has 0 saturated heterocycles. The Labute approximate surface area is 118 Å². The van der Waals surface area contributed by atoms with Crippen molar-refractivity contribution in [3.63, 3.8) is 0 Å². The molecule has 19 heavy (non-hydrogen) atoms. The largest absolute Gasteiger partial charge is 0.390 e. The minimum Gasteiger partial charge on any atom is -0.390 e. The Hall–Kier alpha value is -0.340. The van der Waals surface area contributed by atoms with Gasteiger partial charge in [-0.05, 0) is 59.3 Å². The van der Waals surface area contributed by atoms with Crippen molar-refractivity contribution in [2.45, 2.75) is 77.4 Å². The van der Waals surface area contributed by atoms with Crippen LogP contribution in [0.4, 0.5) is 0 Å². The van der Waals surface area contributed by atoms with Crippen LogP contribution in [0, 0.1) is 11.3 Å². The van der Waals surface area contributed by atoms with Gasteiger partial charge in [0, 0.05) is 5.41 Å². The Kier molecular flexibility index (Phi) is 3.88. The van der Waals surface area contributed by atoms with E-state index >= 15 is 0 Å². The second-order valence-corrected chi connectivity index (χ2v) is 7.88. The van der Waals surface area contributed by atoms with E-state index < -0.39 is 5.60 Å². The maximum Gasteiger partial charge on any atom is 0.0678 e. The quantitative estimate of drug-likeness (QED) is 0.777. The molecular formula is C17H30O2. The molecule has 2 fully saturated rings. The zero-order chi connectivity index (χ0) is 14.3. The summed E-state index contributed by atoms with van der Waals surface area (Å²) >= 11 is 0. The molecule has 0 aromatic carbocycles. The van der Waals surface area contributed by atoms with Crippen LogP contribution in [0.5, 0.6) is 0 Å². The lowest BCUT2D eigenvalue weighted by atomic mass is 9.52. The van der Waals surface area contributed by atoms with Gasteiger partial charge < -0.3 is 9.84 Å². The summed E-state index contributed by atoms with van der Waals surface area (Å²) < 4.78 is 6.18. The lowest BCUT2D eigenvalue weighted by molar-refractivity contribution is -0.178. The van der Waals surface area contributed by atoms with Crippen LogP contribution >= 0.6 is 0 Å². The zero-order valence-electron chi connectivity index (χ0n) is 13.1. The number of hydrogen-bond acceptors (Lipinski definition) is 2. The molecule has 2 aliphatic rings. The van der Waals surface area contributed by atoms with Gasteiger partial charge in [0.25, 0.3) is 0 Å². The Morgan fingerprint density at radius 2 is 2.11 bits per heavy atom. The van der Waals surface area contributed by atoms with Crippen LogP contribution < -0.4 is 0 Å². The van der Waals surface area contributed by atoms with Crippen LogP contribution in [0.1, 0.15) is 66.2 Å². The normalized spacial score (nSPS) is 39.1. The van der Waals surface area contributed by atoms with Gasteiger partial charge in [-0.3, -0.25) is 0 Å². The Balaban J connectivity index is 2.19. The van der Waals surface area contributed by atoms with Crippen LogP contribution in [0.2, 0.25) is 0 Å². The molecule has 2 saturated carbocycles. The molecule has 2 heteroatoms. The SMILES string of the molecule is C=C(C)COC1(C)CC2CCCC(C(C)(C)O)(C2)C1. The number of rotatable bonds is 4. The number of aliphatic hydroxyl groups is 1. The standard InChI is InChI=1S/C17H30O2/c1-13(2)11-19-16(5)9-14-7-6-8-17(10-14,12-16)15(3,4)18/h14,18H,1,6-12H2,2-5H3. The van der Waals surface area contributed by atoms with Gasteiger partial charge >= 0.3 is 0 Å². The lowest BCUT2D eigenvalue weighted by Gasteiger charge is -2.57. The van der Waals surface area contributed by atoms with E-state index in [1.807, 2.05) is 20.8 Å². The third kappa shape index (κ3) is 3.05. The Bertz CT molecular complexity index is 355. The molecule has 2 nitrogen and oxygen atoms in total. The van der Waals surface area contributed by atoms with Crippen LogP contribution in [-0.4, -0.2) is 22.9 Å². The highest BCUT2D eigenvalue weighted by Crippen LogP contribution is 2.58. The van der Waals surface area contributed by atoms with Crippen LogP contribution in [0.25, 0.3) is 0 Å². The molecule has 0 heterocycles. The van der Waals surface area contributed by atoms with Crippen molar-refractivity contribution < 1.29 is 9.84 Å². The first kappa shape index (κ1) is 15.1. The van der Waals surface area contributed by atoms with Crippen molar-refractivity contribution in [3.05, 3.63) is 12.2 Å². The highest BCUT2D eigenvalue weighted by molar-refractivity contribution is 5.06. The number of ether oxygens (including phenoxy) is 1. The average Bonchev–Trinajstić information content (AvgIpc) is 2.24. The average molecular weight is 266 g/mol. The first-order valence-corrected chi connectivity index (χ1v) is 7.67. The van der Waals surface area contributed by atoms with Gasteiger partial charge in [-0.1, -0.05) is 25.0 Å². The van der Waals surface area contributed by atoms with Crippen molar-refractivity contribution in [1.82, 2.24) is 0 Å². The maximum atomic E-state index is 10.7. The lowest BCUT2D eigenvalue weighted by Crippen LogP contribution is -2.55. The van der Waals surface area contributed by atoms with Gasteiger partial charge in [-0.25, -0.2) is 0 Å². The molecule has 0 aliphatic heterocycles. The molecule has 0 radical (unpaired) electrons. The first-order chi connectivity index (χ1) is 8.66. The summed E-state index contributed by atoms with van der Waals surface area (Å²) in [5.74, 6) is 0.712. The predicted molar refractivity (Wildman–Crippen MR) is 79.1 cm³/mol. The van der Waals surface area contributed by atoms with E-state index in [0.29, 0.717) is 12.5 Å². The van der Waals surface area contributed by atoms with Crippen molar-refractivity contribution >= 4 is 0 Å². The Morgan fingerprint density at radius 1 is 1.42 bits per heavy atom. The van der Waals surface area contributed by atoms with Crippen LogP contribution in [0.15, 0.2) is 12.2 Å². The summed E-state index contributed by atoms with van der Waals surface area (Å²) in [5, 5.41) is 10.7. The molecular weight excluding hydrogens is 236 g/mol. The topological polar surface area (TPSA) is 29.5 Å². The van der Waals surface area contributed by atoms with E-state index in [2.05, 4.69) is 13.5 Å². The highest BCUT2D eigenvalue weighted by atomic mass is 16.5. The summed E-state index contributed by atoms with van der Waals surface area (Å²) in [4.78, 5) is 0. The number of fused-ring (bicyclic) bond motifs is 2. The van der Waals surface area contributed by atoms with Gasteiger partial charge in [-0.15, -0.1) is 0 Å². The third-order valence-corrected chi connectivity index (χ3v) is 5.34. The van der Waals surface area contributed by atoms with E-state index in [1.54, 1.807) is 0 Å². The molecule has 2 bridgehead atoms. The molecule has 3 unspecified atom stereocenters. The van der Waals surface area contributed by atoms with Gasteiger partial charge in [-0.2, -0.15) is 0 Å². The summed E-state index contributed by atoms with van der Waals surface area (Å²) in [6, 6.07) is 0. The molecule has 0 amide bonds. The summed E-state index contributed by atoms with van der Waals surface area (Å²) in [6.07, 6.45) is 6.97. The van der Waals surface area contributed by atoms with Crippen LogP contribution in [0.3, 0.4) is 0 Å². The van der Waals surface area contributed by atoms with Gasteiger partial charge in [0.05, 0.1) is 17.8 Å². The maximum absolute atomic E-state index is 10.7. The fourth-order valence-corrected chi connectivity index (χ4v) is 4.40. The Morgan fingerprint density at radius 3 is 2.68 bits per heavy atom. The molecule has 0 aromatic rings. The fourth-order valence-electron chi connectivity index (χ4n) is 4.40. The van der Waals surface area contributed by atoms with Gasteiger partial charge in [0.2, 0.25) is 0 Å². The smallest absolute Gasteiger partial charge is 0.0678 e. The predicted octanol–water partition coefficient (Wildman–Crippen LogP) is 4.08. The van der Waals surface area contributed by atoms with E-state index in [0.717, 1.165) is 24.8 Å². The van der Waals surface area contributed by atoms with Gasteiger partial charge in [0.1, 0.15) is 0 Å². The molecule has 0 spiro atoms. The van der Waals surface area contributed by atoms with Crippen LogP contribution in [-0.2, 0) is 4.74 Å². The van der Waals surface area contributed by atoms with Crippen molar-refractivity contribution in [2.24, 2.45) is 11.3 Å². The van der Waals surface area contributed by atoms with E-state index in [1.165, 1.54) is 19.3 Å². The molecule has 0 aromatic heterocycles.